The molecule has 1 atom stereocenters. The SMILES string of the molecule is CCC(Oc1ccc(N(C)S(C)(=O)=O)cc1)C(=O)N(C)Cc1ccc(Cl)cc1. The summed E-state index contributed by atoms with van der Waals surface area (Å²) in [4.78, 5) is 14.4. The third kappa shape index (κ3) is 5.87. The predicted molar refractivity (Wildman–Crippen MR) is 112 cm³/mol. The van der Waals surface area contributed by atoms with E-state index in [1.807, 2.05) is 19.1 Å². The van der Waals surface area contributed by atoms with Gasteiger partial charge < -0.3 is 9.64 Å². The van der Waals surface area contributed by atoms with Gasteiger partial charge in [0.25, 0.3) is 5.91 Å². The number of halogens is 1. The van der Waals surface area contributed by atoms with E-state index in [9.17, 15) is 13.2 Å². The molecule has 1 unspecified atom stereocenters. The fourth-order valence-corrected chi connectivity index (χ4v) is 3.22. The molecule has 0 radical (unpaired) electrons. The molecule has 0 fully saturated rings. The lowest BCUT2D eigenvalue weighted by Gasteiger charge is -2.24. The van der Waals surface area contributed by atoms with Crippen molar-refractivity contribution in [1.82, 2.24) is 4.90 Å². The van der Waals surface area contributed by atoms with E-state index in [0.717, 1.165) is 11.8 Å². The van der Waals surface area contributed by atoms with Crippen LogP contribution in [0.15, 0.2) is 48.5 Å². The first-order valence-electron chi connectivity index (χ1n) is 8.82. The molecular weight excluding hydrogens is 400 g/mol. The number of rotatable bonds is 8. The first kappa shape index (κ1) is 22.0. The number of anilines is 1. The lowest BCUT2D eigenvalue weighted by molar-refractivity contribution is -0.138. The molecule has 2 rings (SSSR count). The third-order valence-corrected chi connectivity index (χ3v) is 5.79. The minimum atomic E-state index is -3.33. The van der Waals surface area contributed by atoms with Gasteiger partial charge in [-0.1, -0.05) is 30.7 Å². The van der Waals surface area contributed by atoms with Crippen molar-refractivity contribution in [1.29, 1.82) is 0 Å². The van der Waals surface area contributed by atoms with Gasteiger partial charge in [-0.2, -0.15) is 0 Å². The highest BCUT2D eigenvalue weighted by Gasteiger charge is 2.22. The van der Waals surface area contributed by atoms with E-state index in [1.54, 1.807) is 48.3 Å². The summed E-state index contributed by atoms with van der Waals surface area (Å²) < 4.78 is 30.2. The standard InChI is InChI=1S/C20H25ClN2O4S/c1-5-19(20(24)22(2)14-15-6-8-16(21)9-7-15)27-18-12-10-17(11-13-18)23(3)28(4,25)26/h6-13,19H,5,14H2,1-4H3. The molecule has 1 amide bonds. The summed E-state index contributed by atoms with van der Waals surface area (Å²) in [6.07, 6.45) is 1.02. The van der Waals surface area contributed by atoms with E-state index < -0.39 is 16.1 Å². The second-order valence-corrected chi connectivity index (χ2v) is 9.01. The van der Waals surface area contributed by atoms with Gasteiger partial charge >= 0.3 is 0 Å². The second kappa shape index (κ2) is 9.30. The van der Waals surface area contributed by atoms with E-state index in [4.69, 9.17) is 16.3 Å². The maximum absolute atomic E-state index is 12.7. The number of ether oxygens (including phenoxy) is 1. The first-order valence-corrected chi connectivity index (χ1v) is 11.0. The van der Waals surface area contributed by atoms with Gasteiger partial charge in [-0.3, -0.25) is 9.10 Å². The smallest absolute Gasteiger partial charge is 0.263 e. The number of sulfonamides is 1. The van der Waals surface area contributed by atoms with Crippen molar-refractivity contribution in [2.75, 3.05) is 24.7 Å². The molecule has 28 heavy (non-hydrogen) atoms. The average Bonchev–Trinajstić information content (AvgIpc) is 2.66. The van der Waals surface area contributed by atoms with Crippen LogP contribution in [0.1, 0.15) is 18.9 Å². The van der Waals surface area contributed by atoms with E-state index in [0.29, 0.717) is 29.4 Å². The molecule has 2 aromatic carbocycles. The predicted octanol–water partition coefficient (Wildman–Crippen LogP) is 3.55. The number of benzene rings is 2. The Labute approximate surface area is 171 Å². The topological polar surface area (TPSA) is 66.9 Å². The molecule has 0 bridgehead atoms. The molecule has 0 aliphatic rings. The largest absolute Gasteiger partial charge is 0.481 e. The van der Waals surface area contributed by atoms with Crippen LogP contribution in [0.2, 0.25) is 5.02 Å². The van der Waals surface area contributed by atoms with Gasteiger partial charge in [0.2, 0.25) is 10.0 Å². The van der Waals surface area contributed by atoms with E-state index in [1.165, 1.54) is 11.4 Å². The van der Waals surface area contributed by atoms with Gasteiger partial charge in [-0.25, -0.2) is 8.42 Å². The van der Waals surface area contributed by atoms with Crippen LogP contribution in [0.4, 0.5) is 5.69 Å². The maximum Gasteiger partial charge on any atom is 0.263 e. The molecule has 6 nitrogen and oxygen atoms in total. The van der Waals surface area contributed by atoms with Crippen molar-refractivity contribution in [2.45, 2.75) is 26.0 Å². The molecule has 0 spiro atoms. The number of amides is 1. The highest BCUT2D eigenvalue weighted by molar-refractivity contribution is 7.92. The number of nitrogens with zero attached hydrogens (tertiary/aromatic N) is 2. The van der Waals surface area contributed by atoms with Crippen LogP contribution in [0.3, 0.4) is 0 Å². The quantitative estimate of drug-likeness (QED) is 0.649. The zero-order valence-electron chi connectivity index (χ0n) is 16.4. The summed E-state index contributed by atoms with van der Waals surface area (Å²) in [6.45, 7) is 2.33. The van der Waals surface area contributed by atoms with Crippen molar-refractivity contribution in [3.63, 3.8) is 0 Å². The van der Waals surface area contributed by atoms with E-state index >= 15 is 0 Å². The van der Waals surface area contributed by atoms with Crippen molar-refractivity contribution in [3.05, 3.63) is 59.1 Å². The number of hydrogen-bond donors (Lipinski definition) is 0. The van der Waals surface area contributed by atoms with Gasteiger partial charge in [-0.05, 0) is 48.4 Å². The Morgan fingerprint density at radius 2 is 1.64 bits per heavy atom. The molecule has 0 saturated carbocycles. The number of likely N-dealkylation sites (N-methyl/N-ethyl adjacent to an activating group) is 1. The van der Waals surface area contributed by atoms with Crippen LogP contribution >= 0.6 is 11.6 Å². The minimum absolute atomic E-state index is 0.130. The zero-order valence-corrected chi connectivity index (χ0v) is 18.0. The van der Waals surface area contributed by atoms with Crippen LogP contribution in [0.5, 0.6) is 5.75 Å². The van der Waals surface area contributed by atoms with Gasteiger partial charge in [0.1, 0.15) is 5.75 Å². The molecule has 0 N–H and O–H groups in total. The Bertz CT molecular complexity index is 899. The van der Waals surface area contributed by atoms with Crippen molar-refractivity contribution in [3.8, 4) is 5.75 Å². The molecule has 0 saturated heterocycles. The Kier molecular flexibility index (Phi) is 7.32. The summed E-state index contributed by atoms with van der Waals surface area (Å²) in [5.74, 6) is 0.375. The molecule has 0 aliphatic carbocycles. The molecule has 0 heterocycles. The number of carbonyl (C=O) groups is 1. The molecule has 152 valence electrons. The summed E-state index contributed by atoms with van der Waals surface area (Å²) in [7, 11) is -0.119. The Morgan fingerprint density at radius 3 is 2.14 bits per heavy atom. The first-order chi connectivity index (χ1) is 13.1. The van der Waals surface area contributed by atoms with E-state index in [2.05, 4.69) is 0 Å². The summed E-state index contributed by atoms with van der Waals surface area (Å²) in [5.41, 5.74) is 1.50. The molecular formula is C20H25ClN2O4S. The van der Waals surface area contributed by atoms with Crippen LogP contribution in [-0.2, 0) is 21.4 Å². The van der Waals surface area contributed by atoms with E-state index in [-0.39, 0.29) is 5.91 Å². The fourth-order valence-electron chi connectivity index (χ4n) is 2.59. The van der Waals surface area contributed by atoms with Crippen molar-refractivity contribution >= 4 is 33.2 Å². The normalized spacial score (nSPS) is 12.3. The van der Waals surface area contributed by atoms with Crippen LogP contribution in [0, 0.1) is 0 Å². The second-order valence-electron chi connectivity index (χ2n) is 6.56. The fraction of sp³-hybridized carbons (Fsp3) is 0.350. The monoisotopic (exact) mass is 424 g/mol. The number of hydrogen-bond acceptors (Lipinski definition) is 4. The Balaban J connectivity index is 2.04. The highest BCUT2D eigenvalue weighted by Crippen LogP contribution is 2.22. The average molecular weight is 425 g/mol. The molecule has 0 aliphatic heterocycles. The molecule has 2 aromatic rings. The van der Waals surface area contributed by atoms with Crippen molar-refractivity contribution in [2.24, 2.45) is 0 Å². The van der Waals surface area contributed by atoms with Gasteiger partial charge in [0, 0.05) is 25.7 Å². The van der Waals surface area contributed by atoms with Crippen LogP contribution in [-0.4, -0.2) is 45.7 Å². The summed E-state index contributed by atoms with van der Waals surface area (Å²) in [5, 5.41) is 0.650. The maximum atomic E-state index is 12.7. The molecule has 0 aromatic heterocycles. The van der Waals surface area contributed by atoms with Crippen LogP contribution in [0.25, 0.3) is 0 Å². The lowest BCUT2D eigenvalue weighted by atomic mass is 10.2. The third-order valence-electron chi connectivity index (χ3n) is 4.33. The van der Waals surface area contributed by atoms with Crippen LogP contribution < -0.4 is 9.04 Å². The Hall–Kier alpha value is -2.25. The van der Waals surface area contributed by atoms with Gasteiger partial charge in [0.05, 0.1) is 11.9 Å². The highest BCUT2D eigenvalue weighted by atomic mass is 35.5. The minimum Gasteiger partial charge on any atom is -0.481 e. The van der Waals surface area contributed by atoms with Gasteiger partial charge in [-0.15, -0.1) is 0 Å². The summed E-state index contributed by atoms with van der Waals surface area (Å²) in [6, 6.07) is 13.9. The Morgan fingerprint density at radius 1 is 1.07 bits per heavy atom. The molecule has 8 heteroatoms. The number of carbonyl (C=O) groups excluding carboxylic acids is 1. The van der Waals surface area contributed by atoms with Gasteiger partial charge in [0.15, 0.2) is 6.10 Å². The summed E-state index contributed by atoms with van der Waals surface area (Å²) >= 11 is 5.89. The van der Waals surface area contributed by atoms with Crippen molar-refractivity contribution < 1.29 is 17.9 Å². The lowest BCUT2D eigenvalue weighted by Crippen LogP contribution is -2.39. The zero-order chi connectivity index (χ0) is 20.9.